The molecule has 110 valence electrons. The molecule has 2 unspecified atom stereocenters. The van der Waals surface area contributed by atoms with Crippen molar-refractivity contribution in [2.75, 3.05) is 5.75 Å². The van der Waals surface area contributed by atoms with Gasteiger partial charge in [-0.2, -0.15) is 8.42 Å². The predicted octanol–water partition coefficient (Wildman–Crippen LogP) is 0.424. The van der Waals surface area contributed by atoms with Gasteiger partial charge in [0.1, 0.15) is 17.2 Å². The van der Waals surface area contributed by atoms with Crippen LogP contribution in [0, 0.1) is 0 Å². The SMILES string of the molecule is O=C(O)C(CS(=O)(=O)O)NC(=O)C(Cl)c1ccccc1. The number of carbonyl (C=O) groups is 2. The summed E-state index contributed by atoms with van der Waals surface area (Å²) in [7, 11) is -4.54. The van der Waals surface area contributed by atoms with Crippen LogP contribution in [0.15, 0.2) is 30.3 Å². The maximum absolute atomic E-state index is 11.8. The zero-order valence-corrected chi connectivity index (χ0v) is 11.6. The van der Waals surface area contributed by atoms with Gasteiger partial charge in [-0.3, -0.25) is 9.35 Å². The second-order valence-electron chi connectivity index (χ2n) is 3.92. The maximum atomic E-state index is 11.8. The van der Waals surface area contributed by atoms with Gasteiger partial charge in [-0.05, 0) is 5.56 Å². The predicted molar refractivity (Wildman–Crippen MR) is 71.0 cm³/mol. The van der Waals surface area contributed by atoms with Crippen molar-refractivity contribution in [2.45, 2.75) is 11.4 Å². The summed E-state index contributed by atoms with van der Waals surface area (Å²) in [6.07, 6.45) is 0. The molecule has 0 aliphatic rings. The second-order valence-corrected chi connectivity index (χ2v) is 5.85. The molecule has 0 aliphatic heterocycles. The van der Waals surface area contributed by atoms with E-state index in [0.717, 1.165) is 0 Å². The van der Waals surface area contributed by atoms with E-state index in [1.807, 2.05) is 5.32 Å². The average Bonchev–Trinajstić information content (AvgIpc) is 2.36. The Kier molecular flexibility index (Phi) is 5.49. The number of amides is 1. The van der Waals surface area contributed by atoms with E-state index >= 15 is 0 Å². The zero-order chi connectivity index (χ0) is 15.3. The first-order valence-corrected chi connectivity index (χ1v) is 7.42. The molecule has 0 saturated heterocycles. The highest BCUT2D eigenvalue weighted by Crippen LogP contribution is 2.20. The van der Waals surface area contributed by atoms with E-state index in [4.69, 9.17) is 21.3 Å². The van der Waals surface area contributed by atoms with Crippen LogP contribution in [0.25, 0.3) is 0 Å². The topological polar surface area (TPSA) is 121 Å². The van der Waals surface area contributed by atoms with E-state index in [1.54, 1.807) is 30.3 Å². The van der Waals surface area contributed by atoms with Gasteiger partial charge in [0.15, 0.2) is 0 Å². The minimum absolute atomic E-state index is 0.433. The molecule has 7 nitrogen and oxygen atoms in total. The van der Waals surface area contributed by atoms with Crippen molar-refractivity contribution in [3.05, 3.63) is 35.9 Å². The fraction of sp³-hybridized carbons (Fsp3) is 0.273. The van der Waals surface area contributed by atoms with Gasteiger partial charge in [-0.15, -0.1) is 11.6 Å². The number of nitrogens with one attached hydrogen (secondary N) is 1. The third-order valence-electron chi connectivity index (χ3n) is 2.31. The summed E-state index contributed by atoms with van der Waals surface area (Å²) >= 11 is 5.86. The van der Waals surface area contributed by atoms with Gasteiger partial charge in [0.2, 0.25) is 5.91 Å². The molecular weight excluding hydrogens is 310 g/mol. The molecule has 0 aliphatic carbocycles. The Morgan fingerprint density at radius 3 is 2.25 bits per heavy atom. The highest BCUT2D eigenvalue weighted by Gasteiger charge is 2.28. The van der Waals surface area contributed by atoms with Crippen LogP contribution in [-0.2, 0) is 19.7 Å². The van der Waals surface area contributed by atoms with Crippen molar-refractivity contribution in [3.63, 3.8) is 0 Å². The molecule has 0 aromatic heterocycles. The molecule has 1 aromatic carbocycles. The van der Waals surface area contributed by atoms with Crippen LogP contribution in [0.5, 0.6) is 0 Å². The van der Waals surface area contributed by atoms with Gasteiger partial charge in [0.05, 0.1) is 0 Å². The summed E-state index contributed by atoms with van der Waals surface area (Å²) in [5.41, 5.74) is 0.433. The third-order valence-corrected chi connectivity index (χ3v) is 3.52. The number of carboxylic acids is 1. The van der Waals surface area contributed by atoms with Crippen LogP contribution in [0.1, 0.15) is 10.9 Å². The Morgan fingerprint density at radius 2 is 1.80 bits per heavy atom. The van der Waals surface area contributed by atoms with Crippen molar-refractivity contribution in [1.29, 1.82) is 0 Å². The summed E-state index contributed by atoms with van der Waals surface area (Å²) in [6.45, 7) is 0. The molecule has 1 amide bonds. The monoisotopic (exact) mass is 321 g/mol. The number of halogens is 1. The average molecular weight is 322 g/mol. The largest absolute Gasteiger partial charge is 0.480 e. The standard InChI is InChI=1S/C11H12ClNO6S/c12-9(7-4-2-1-3-5-7)10(14)13-8(11(15)16)6-20(17,18)19/h1-5,8-9H,6H2,(H,13,14)(H,15,16)(H,17,18,19). The fourth-order valence-corrected chi connectivity index (χ4v) is 2.26. The molecule has 20 heavy (non-hydrogen) atoms. The number of aliphatic carboxylic acids is 1. The molecule has 0 fully saturated rings. The van der Waals surface area contributed by atoms with Crippen molar-refractivity contribution >= 4 is 33.6 Å². The maximum Gasteiger partial charge on any atom is 0.327 e. The van der Waals surface area contributed by atoms with Gasteiger partial charge < -0.3 is 10.4 Å². The first kappa shape index (κ1) is 16.4. The lowest BCUT2D eigenvalue weighted by Crippen LogP contribution is -2.46. The van der Waals surface area contributed by atoms with Gasteiger partial charge in [-0.25, -0.2) is 4.79 Å². The number of carbonyl (C=O) groups excluding carboxylic acids is 1. The molecule has 0 saturated carbocycles. The lowest BCUT2D eigenvalue weighted by molar-refractivity contribution is -0.141. The second kappa shape index (κ2) is 6.69. The number of hydrogen-bond donors (Lipinski definition) is 3. The highest BCUT2D eigenvalue weighted by molar-refractivity contribution is 7.85. The van der Waals surface area contributed by atoms with Crippen molar-refractivity contribution in [2.24, 2.45) is 0 Å². The lowest BCUT2D eigenvalue weighted by atomic mass is 10.1. The highest BCUT2D eigenvalue weighted by atomic mass is 35.5. The van der Waals surface area contributed by atoms with Crippen LogP contribution in [0.4, 0.5) is 0 Å². The number of rotatable bonds is 6. The molecule has 9 heteroatoms. The van der Waals surface area contributed by atoms with E-state index in [-0.39, 0.29) is 0 Å². The molecule has 0 radical (unpaired) electrons. The van der Waals surface area contributed by atoms with E-state index in [0.29, 0.717) is 5.56 Å². The molecule has 0 heterocycles. The molecule has 1 aromatic rings. The van der Waals surface area contributed by atoms with Gasteiger partial charge in [0, 0.05) is 0 Å². The zero-order valence-electron chi connectivity index (χ0n) is 10.1. The summed E-state index contributed by atoms with van der Waals surface area (Å²) in [6, 6.07) is 6.35. The van der Waals surface area contributed by atoms with Gasteiger partial charge in [0.25, 0.3) is 10.1 Å². The van der Waals surface area contributed by atoms with E-state index in [9.17, 15) is 18.0 Å². The normalized spacial score (nSPS) is 14.3. The van der Waals surface area contributed by atoms with Gasteiger partial charge in [-0.1, -0.05) is 30.3 Å². The minimum Gasteiger partial charge on any atom is -0.480 e. The van der Waals surface area contributed by atoms with E-state index in [2.05, 4.69) is 0 Å². The first-order valence-electron chi connectivity index (χ1n) is 5.38. The van der Waals surface area contributed by atoms with Crippen LogP contribution in [0.3, 0.4) is 0 Å². The molecule has 2 atom stereocenters. The quantitative estimate of drug-likeness (QED) is 0.516. The molecule has 0 spiro atoms. The fourth-order valence-electron chi connectivity index (χ4n) is 1.40. The Balaban J connectivity index is 2.79. The summed E-state index contributed by atoms with van der Waals surface area (Å²) in [5.74, 6) is -3.59. The Morgan fingerprint density at radius 1 is 1.25 bits per heavy atom. The summed E-state index contributed by atoms with van der Waals surface area (Å²) < 4.78 is 30.0. The van der Waals surface area contributed by atoms with Crippen LogP contribution < -0.4 is 5.32 Å². The van der Waals surface area contributed by atoms with Crippen molar-refractivity contribution < 1.29 is 27.7 Å². The summed E-state index contributed by atoms with van der Waals surface area (Å²) in [5, 5.41) is 9.60. The van der Waals surface area contributed by atoms with E-state index < -0.39 is 39.2 Å². The number of alkyl halides is 1. The smallest absolute Gasteiger partial charge is 0.327 e. The molecule has 1 rings (SSSR count). The Labute approximate surface area is 120 Å². The van der Waals surface area contributed by atoms with Crippen molar-refractivity contribution in [1.82, 2.24) is 5.32 Å². The summed E-state index contributed by atoms with van der Waals surface area (Å²) in [4.78, 5) is 22.6. The first-order chi connectivity index (χ1) is 9.20. The Hall–Kier alpha value is -1.64. The van der Waals surface area contributed by atoms with E-state index in [1.165, 1.54) is 0 Å². The molecular formula is C11H12ClNO6S. The number of benzene rings is 1. The van der Waals surface area contributed by atoms with Crippen LogP contribution >= 0.6 is 11.6 Å². The lowest BCUT2D eigenvalue weighted by Gasteiger charge is -2.15. The van der Waals surface area contributed by atoms with Gasteiger partial charge >= 0.3 is 5.97 Å². The molecule has 0 bridgehead atoms. The minimum atomic E-state index is -4.54. The van der Waals surface area contributed by atoms with Crippen molar-refractivity contribution in [3.8, 4) is 0 Å². The third kappa shape index (κ3) is 5.16. The Bertz CT molecular complexity index is 588. The molecule has 3 N–H and O–H groups in total. The number of carboxylic acid groups (broad SMARTS) is 1. The number of hydrogen-bond acceptors (Lipinski definition) is 4. The van der Waals surface area contributed by atoms with Crippen LogP contribution in [-0.4, -0.2) is 41.7 Å². The van der Waals surface area contributed by atoms with Crippen LogP contribution in [0.2, 0.25) is 0 Å².